The first kappa shape index (κ1) is 16.8. The Kier molecular flexibility index (Phi) is 4.44. The quantitative estimate of drug-likeness (QED) is 0.853. The van der Waals surface area contributed by atoms with Crippen molar-refractivity contribution in [3.63, 3.8) is 0 Å². The Hall–Kier alpha value is -2.70. The molecule has 0 radical (unpaired) electrons. The van der Waals surface area contributed by atoms with Crippen LogP contribution in [0.1, 0.15) is 46.9 Å². The molecule has 1 aromatic heterocycles. The van der Waals surface area contributed by atoms with Crippen molar-refractivity contribution in [1.29, 1.82) is 0 Å². The molecule has 1 heterocycles. The molecule has 2 aliphatic carbocycles. The zero-order valence-corrected chi connectivity index (χ0v) is 14.6. The van der Waals surface area contributed by atoms with Gasteiger partial charge in [0.25, 0.3) is 5.91 Å². The molecule has 26 heavy (non-hydrogen) atoms. The standard InChI is InChI=1S/C19H22N4O3/c1-11-17(23-26-22-11)19(25)20-10-15(24)21-18-14-9-5-8-13(14)16(18)12-6-3-2-4-7-12/h2-4,6-7,13-14,16,18H,5,8-10H2,1H3,(H,20,25)(H,21,24). The van der Waals surface area contributed by atoms with Crippen LogP contribution in [0, 0.1) is 18.8 Å². The third kappa shape index (κ3) is 2.98. The Morgan fingerprint density at radius 3 is 2.65 bits per heavy atom. The Labute approximate surface area is 151 Å². The van der Waals surface area contributed by atoms with Gasteiger partial charge in [0.1, 0.15) is 5.69 Å². The maximum atomic E-state index is 12.4. The lowest BCUT2D eigenvalue weighted by Crippen LogP contribution is -2.57. The van der Waals surface area contributed by atoms with Gasteiger partial charge in [0, 0.05) is 12.0 Å². The average molecular weight is 354 g/mol. The van der Waals surface area contributed by atoms with Gasteiger partial charge in [-0.1, -0.05) is 41.9 Å². The Bertz CT molecular complexity index is 804. The van der Waals surface area contributed by atoms with Gasteiger partial charge in [-0.2, -0.15) is 0 Å². The van der Waals surface area contributed by atoms with E-state index in [2.05, 4.69) is 37.7 Å². The van der Waals surface area contributed by atoms with Crippen LogP contribution in [0.4, 0.5) is 0 Å². The minimum Gasteiger partial charge on any atom is -0.351 e. The first-order chi connectivity index (χ1) is 12.6. The molecule has 4 unspecified atom stereocenters. The Balaban J connectivity index is 1.37. The van der Waals surface area contributed by atoms with Crippen LogP contribution >= 0.6 is 0 Å². The van der Waals surface area contributed by atoms with Crippen LogP contribution in [0.25, 0.3) is 0 Å². The van der Waals surface area contributed by atoms with Crippen molar-refractivity contribution in [2.75, 3.05) is 6.54 Å². The van der Waals surface area contributed by atoms with Crippen molar-refractivity contribution in [2.24, 2.45) is 11.8 Å². The SMILES string of the molecule is Cc1nonc1C(=O)NCC(=O)NC1C2CCCC2C1c1ccccc1. The highest BCUT2D eigenvalue weighted by atomic mass is 16.6. The fourth-order valence-electron chi connectivity index (χ4n) is 4.54. The first-order valence-corrected chi connectivity index (χ1v) is 9.07. The lowest BCUT2D eigenvalue weighted by molar-refractivity contribution is -0.123. The van der Waals surface area contributed by atoms with Gasteiger partial charge in [-0.05, 0) is 42.3 Å². The van der Waals surface area contributed by atoms with Crippen molar-refractivity contribution in [2.45, 2.75) is 38.1 Å². The molecule has 0 spiro atoms. The molecule has 1 aromatic carbocycles. The van der Waals surface area contributed by atoms with Gasteiger partial charge < -0.3 is 10.6 Å². The molecule has 136 valence electrons. The van der Waals surface area contributed by atoms with Crippen LogP contribution < -0.4 is 10.6 Å². The van der Waals surface area contributed by atoms with Gasteiger partial charge in [0.15, 0.2) is 5.69 Å². The summed E-state index contributed by atoms with van der Waals surface area (Å²) in [6.45, 7) is 1.55. The van der Waals surface area contributed by atoms with Gasteiger partial charge in [-0.15, -0.1) is 0 Å². The van der Waals surface area contributed by atoms with Crippen molar-refractivity contribution in [1.82, 2.24) is 20.9 Å². The van der Waals surface area contributed by atoms with Crippen LogP contribution in [0.3, 0.4) is 0 Å². The number of aryl methyl sites for hydroxylation is 1. The number of carbonyl (C=O) groups excluding carboxylic acids is 2. The van der Waals surface area contributed by atoms with E-state index in [1.807, 2.05) is 18.2 Å². The average Bonchev–Trinajstić information content (AvgIpc) is 3.25. The number of carbonyl (C=O) groups is 2. The van der Waals surface area contributed by atoms with Crippen LogP contribution in [0.5, 0.6) is 0 Å². The minimum atomic E-state index is -0.453. The number of nitrogens with zero attached hydrogens (tertiary/aromatic N) is 2. The summed E-state index contributed by atoms with van der Waals surface area (Å²) in [5.74, 6) is 0.933. The van der Waals surface area contributed by atoms with Crippen LogP contribution in [-0.4, -0.2) is 34.7 Å². The molecule has 2 amide bonds. The molecule has 2 saturated carbocycles. The van der Waals surface area contributed by atoms with E-state index in [0.717, 1.165) is 6.42 Å². The number of nitrogens with one attached hydrogen (secondary N) is 2. The first-order valence-electron chi connectivity index (χ1n) is 9.07. The summed E-state index contributed by atoms with van der Waals surface area (Å²) in [4.78, 5) is 24.4. The fraction of sp³-hybridized carbons (Fsp3) is 0.474. The summed E-state index contributed by atoms with van der Waals surface area (Å²) < 4.78 is 4.51. The lowest BCUT2D eigenvalue weighted by atomic mass is 9.60. The van der Waals surface area contributed by atoms with Crippen LogP contribution in [0.2, 0.25) is 0 Å². The second kappa shape index (κ2) is 6.90. The molecule has 7 nitrogen and oxygen atoms in total. The molecule has 0 aliphatic heterocycles. The van der Waals surface area contributed by atoms with Gasteiger partial charge in [-0.3, -0.25) is 9.59 Å². The third-order valence-corrected chi connectivity index (χ3v) is 5.72. The number of amides is 2. The zero-order chi connectivity index (χ0) is 18.1. The Morgan fingerprint density at radius 1 is 1.15 bits per heavy atom. The highest BCUT2D eigenvalue weighted by Crippen LogP contribution is 2.55. The summed E-state index contributed by atoms with van der Waals surface area (Å²) >= 11 is 0. The molecule has 2 aromatic rings. The number of hydrogen-bond donors (Lipinski definition) is 2. The lowest BCUT2D eigenvalue weighted by Gasteiger charge is -2.49. The maximum Gasteiger partial charge on any atom is 0.275 e. The summed E-state index contributed by atoms with van der Waals surface area (Å²) in [5.41, 5.74) is 1.80. The van der Waals surface area contributed by atoms with E-state index in [-0.39, 0.29) is 24.2 Å². The van der Waals surface area contributed by atoms with Crippen LogP contribution in [0.15, 0.2) is 35.0 Å². The summed E-state index contributed by atoms with van der Waals surface area (Å²) in [6, 6.07) is 10.5. The summed E-state index contributed by atoms with van der Waals surface area (Å²) in [6.07, 6.45) is 3.61. The van der Waals surface area contributed by atoms with E-state index in [1.54, 1.807) is 6.92 Å². The van der Waals surface area contributed by atoms with E-state index >= 15 is 0 Å². The molecule has 0 saturated heterocycles. The van der Waals surface area contributed by atoms with Crippen molar-refractivity contribution < 1.29 is 14.2 Å². The monoisotopic (exact) mass is 354 g/mol. The number of benzene rings is 1. The molecule has 2 N–H and O–H groups in total. The zero-order valence-electron chi connectivity index (χ0n) is 14.6. The second-order valence-corrected chi connectivity index (χ2v) is 7.17. The predicted octanol–water partition coefficient (Wildman–Crippen LogP) is 1.81. The minimum absolute atomic E-state index is 0.0828. The summed E-state index contributed by atoms with van der Waals surface area (Å²) in [7, 11) is 0. The fourth-order valence-corrected chi connectivity index (χ4v) is 4.54. The Morgan fingerprint density at radius 2 is 1.92 bits per heavy atom. The van der Waals surface area contributed by atoms with Crippen LogP contribution in [-0.2, 0) is 4.79 Å². The van der Waals surface area contributed by atoms with Gasteiger partial charge in [0.05, 0.1) is 6.54 Å². The molecular weight excluding hydrogens is 332 g/mol. The van der Waals surface area contributed by atoms with E-state index in [9.17, 15) is 9.59 Å². The van der Waals surface area contributed by atoms with E-state index in [0.29, 0.717) is 23.4 Å². The third-order valence-electron chi connectivity index (χ3n) is 5.72. The number of fused-ring (bicyclic) bond motifs is 1. The van der Waals surface area contributed by atoms with E-state index in [1.165, 1.54) is 18.4 Å². The van der Waals surface area contributed by atoms with Crippen molar-refractivity contribution in [3.05, 3.63) is 47.3 Å². The van der Waals surface area contributed by atoms with E-state index < -0.39 is 5.91 Å². The van der Waals surface area contributed by atoms with Gasteiger partial charge in [-0.25, -0.2) is 4.63 Å². The molecule has 4 rings (SSSR count). The molecule has 4 atom stereocenters. The molecule has 7 heteroatoms. The van der Waals surface area contributed by atoms with Crippen molar-refractivity contribution in [3.8, 4) is 0 Å². The highest BCUT2D eigenvalue weighted by molar-refractivity contribution is 5.95. The van der Waals surface area contributed by atoms with Crippen molar-refractivity contribution >= 4 is 11.8 Å². The van der Waals surface area contributed by atoms with Gasteiger partial charge in [0.2, 0.25) is 5.91 Å². The number of hydrogen-bond acceptors (Lipinski definition) is 5. The summed E-state index contributed by atoms with van der Waals surface area (Å²) in [5, 5.41) is 12.8. The molecule has 0 bridgehead atoms. The molecule has 2 aliphatic rings. The highest BCUT2D eigenvalue weighted by Gasteiger charge is 2.53. The smallest absolute Gasteiger partial charge is 0.275 e. The molecular formula is C19H22N4O3. The largest absolute Gasteiger partial charge is 0.351 e. The van der Waals surface area contributed by atoms with Gasteiger partial charge >= 0.3 is 0 Å². The molecule has 2 fully saturated rings. The topological polar surface area (TPSA) is 97.1 Å². The maximum absolute atomic E-state index is 12.4. The second-order valence-electron chi connectivity index (χ2n) is 7.17. The number of aromatic nitrogens is 2. The number of rotatable bonds is 5. The normalized spacial score (nSPS) is 26.7. The van der Waals surface area contributed by atoms with E-state index in [4.69, 9.17) is 0 Å². The predicted molar refractivity (Wildman–Crippen MR) is 93.3 cm³/mol.